The van der Waals surface area contributed by atoms with Gasteiger partial charge in [0.15, 0.2) is 0 Å². The van der Waals surface area contributed by atoms with E-state index in [4.69, 9.17) is 0 Å². The minimum atomic E-state index is 0.493. The van der Waals surface area contributed by atoms with Crippen LogP contribution in [0.3, 0.4) is 0 Å². The van der Waals surface area contributed by atoms with Gasteiger partial charge in [-0.05, 0) is 38.5 Å². The fourth-order valence-electron chi connectivity index (χ4n) is 2.11. The van der Waals surface area contributed by atoms with Crippen LogP contribution < -0.4 is 5.32 Å². The van der Waals surface area contributed by atoms with Crippen LogP contribution in [0.15, 0.2) is 18.2 Å². The average molecular weight is 221 g/mol. The van der Waals surface area contributed by atoms with Crippen molar-refractivity contribution >= 4 is 11.8 Å². The summed E-state index contributed by atoms with van der Waals surface area (Å²) in [5.74, 6) is 1.27. The highest BCUT2D eigenvalue weighted by atomic mass is 32.2. The van der Waals surface area contributed by atoms with Gasteiger partial charge in [0.05, 0.1) is 5.37 Å². The van der Waals surface area contributed by atoms with Crippen LogP contribution in [0, 0.1) is 13.8 Å². The van der Waals surface area contributed by atoms with Crippen LogP contribution >= 0.6 is 11.8 Å². The SMILES string of the molecule is Cc1cc(C)cc(C2NC(C)CCS2)c1. The molecule has 2 rings (SSSR count). The smallest absolute Gasteiger partial charge is 0.0791 e. The third-order valence-electron chi connectivity index (χ3n) is 2.82. The van der Waals surface area contributed by atoms with E-state index < -0.39 is 0 Å². The molecule has 0 bridgehead atoms. The molecule has 15 heavy (non-hydrogen) atoms. The van der Waals surface area contributed by atoms with Gasteiger partial charge in [-0.1, -0.05) is 29.3 Å². The number of benzene rings is 1. The van der Waals surface area contributed by atoms with Gasteiger partial charge in [-0.25, -0.2) is 0 Å². The number of hydrogen-bond donors (Lipinski definition) is 1. The summed E-state index contributed by atoms with van der Waals surface area (Å²) in [6.45, 7) is 6.62. The zero-order chi connectivity index (χ0) is 10.8. The fourth-order valence-corrected chi connectivity index (χ4v) is 3.49. The van der Waals surface area contributed by atoms with Crippen molar-refractivity contribution in [2.24, 2.45) is 0 Å². The van der Waals surface area contributed by atoms with Crippen molar-refractivity contribution in [3.63, 3.8) is 0 Å². The van der Waals surface area contributed by atoms with Gasteiger partial charge in [-0.15, -0.1) is 11.8 Å². The summed E-state index contributed by atoms with van der Waals surface area (Å²) in [4.78, 5) is 0. The molecule has 1 aliphatic rings. The quantitative estimate of drug-likeness (QED) is 0.780. The molecule has 2 unspecified atom stereocenters. The summed E-state index contributed by atoms with van der Waals surface area (Å²) in [5, 5.41) is 4.14. The maximum absolute atomic E-state index is 3.65. The molecule has 1 N–H and O–H groups in total. The van der Waals surface area contributed by atoms with E-state index >= 15 is 0 Å². The number of nitrogens with one attached hydrogen (secondary N) is 1. The maximum Gasteiger partial charge on any atom is 0.0791 e. The van der Waals surface area contributed by atoms with Crippen molar-refractivity contribution in [2.45, 2.75) is 38.6 Å². The van der Waals surface area contributed by atoms with E-state index in [-0.39, 0.29) is 0 Å². The standard InChI is InChI=1S/C13H19NS/c1-9-6-10(2)8-12(7-9)13-14-11(3)4-5-15-13/h6-8,11,13-14H,4-5H2,1-3H3. The van der Waals surface area contributed by atoms with Crippen molar-refractivity contribution in [3.8, 4) is 0 Å². The molecule has 1 saturated heterocycles. The van der Waals surface area contributed by atoms with E-state index in [0.717, 1.165) is 0 Å². The van der Waals surface area contributed by atoms with Gasteiger partial charge in [-0.3, -0.25) is 5.32 Å². The highest BCUT2D eigenvalue weighted by Gasteiger charge is 2.19. The first kappa shape index (κ1) is 11.0. The molecule has 0 aromatic heterocycles. The van der Waals surface area contributed by atoms with Gasteiger partial charge in [0.25, 0.3) is 0 Å². The topological polar surface area (TPSA) is 12.0 Å². The molecule has 0 spiro atoms. The van der Waals surface area contributed by atoms with Crippen LogP contribution in [0.25, 0.3) is 0 Å². The molecule has 1 aliphatic heterocycles. The van der Waals surface area contributed by atoms with Crippen LogP contribution in [-0.2, 0) is 0 Å². The molecule has 2 heteroatoms. The molecule has 1 heterocycles. The lowest BCUT2D eigenvalue weighted by molar-refractivity contribution is 0.512. The minimum absolute atomic E-state index is 0.493. The first-order chi connectivity index (χ1) is 7.15. The lowest BCUT2D eigenvalue weighted by Gasteiger charge is -2.29. The molecule has 1 fully saturated rings. The molecule has 0 saturated carbocycles. The van der Waals surface area contributed by atoms with Crippen molar-refractivity contribution < 1.29 is 0 Å². The summed E-state index contributed by atoms with van der Waals surface area (Å²) in [7, 11) is 0. The molecular weight excluding hydrogens is 202 g/mol. The van der Waals surface area contributed by atoms with E-state index in [1.807, 2.05) is 11.8 Å². The van der Waals surface area contributed by atoms with E-state index in [1.165, 1.54) is 28.9 Å². The lowest BCUT2D eigenvalue weighted by atomic mass is 10.1. The average Bonchev–Trinajstić information content (AvgIpc) is 2.16. The largest absolute Gasteiger partial charge is 0.299 e. The normalized spacial score (nSPS) is 26.6. The molecule has 1 aromatic rings. The van der Waals surface area contributed by atoms with Gasteiger partial charge in [0.2, 0.25) is 0 Å². The third kappa shape index (κ3) is 2.76. The van der Waals surface area contributed by atoms with Crippen molar-refractivity contribution in [1.82, 2.24) is 5.32 Å². The molecule has 82 valence electrons. The van der Waals surface area contributed by atoms with Gasteiger partial charge in [0, 0.05) is 6.04 Å². The Kier molecular flexibility index (Phi) is 3.37. The monoisotopic (exact) mass is 221 g/mol. The molecule has 0 aliphatic carbocycles. The Labute approximate surface area is 96.7 Å². The summed E-state index contributed by atoms with van der Waals surface area (Å²) in [6, 6.07) is 7.49. The molecule has 0 radical (unpaired) electrons. The summed E-state index contributed by atoms with van der Waals surface area (Å²) < 4.78 is 0. The Hall–Kier alpha value is -0.470. The third-order valence-corrected chi connectivity index (χ3v) is 4.03. The number of aryl methyl sites for hydroxylation is 2. The second kappa shape index (κ2) is 4.58. The Morgan fingerprint density at radius 3 is 2.47 bits per heavy atom. The van der Waals surface area contributed by atoms with E-state index in [0.29, 0.717) is 11.4 Å². The fraction of sp³-hybridized carbons (Fsp3) is 0.538. The Morgan fingerprint density at radius 2 is 1.87 bits per heavy atom. The Balaban J connectivity index is 2.20. The molecule has 1 nitrogen and oxygen atoms in total. The van der Waals surface area contributed by atoms with Crippen LogP contribution in [0.2, 0.25) is 0 Å². The van der Waals surface area contributed by atoms with Gasteiger partial charge >= 0.3 is 0 Å². The van der Waals surface area contributed by atoms with Crippen molar-refractivity contribution in [3.05, 3.63) is 34.9 Å². The van der Waals surface area contributed by atoms with Crippen molar-refractivity contribution in [1.29, 1.82) is 0 Å². The van der Waals surface area contributed by atoms with Crippen LogP contribution in [0.4, 0.5) is 0 Å². The highest BCUT2D eigenvalue weighted by molar-refractivity contribution is 7.99. The zero-order valence-corrected chi connectivity index (χ0v) is 10.5. The van der Waals surface area contributed by atoms with Crippen LogP contribution in [-0.4, -0.2) is 11.8 Å². The van der Waals surface area contributed by atoms with Gasteiger partial charge in [0.1, 0.15) is 0 Å². The Morgan fingerprint density at radius 1 is 1.20 bits per heavy atom. The predicted molar refractivity (Wildman–Crippen MR) is 68.3 cm³/mol. The molecule has 2 atom stereocenters. The molecule has 1 aromatic carbocycles. The predicted octanol–water partition coefficient (Wildman–Crippen LogP) is 3.42. The number of thioether (sulfide) groups is 1. The van der Waals surface area contributed by atoms with Crippen LogP contribution in [0.1, 0.15) is 35.4 Å². The number of hydrogen-bond acceptors (Lipinski definition) is 2. The summed E-state index contributed by atoms with van der Waals surface area (Å²) in [5.41, 5.74) is 4.17. The zero-order valence-electron chi connectivity index (χ0n) is 9.71. The Bertz CT molecular complexity index is 328. The second-order valence-corrected chi connectivity index (χ2v) is 5.74. The maximum atomic E-state index is 3.65. The molecule has 0 amide bonds. The summed E-state index contributed by atoms with van der Waals surface area (Å²) in [6.07, 6.45) is 1.28. The highest BCUT2D eigenvalue weighted by Crippen LogP contribution is 2.32. The summed E-state index contributed by atoms with van der Waals surface area (Å²) >= 11 is 2.03. The van der Waals surface area contributed by atoms with E-state index in [2.05, 4.69) is 44.3 Å². The van der Waals surface area contributed by atoms with Gasteiger partial charge in [-0.2, -0.15) is 0 Å². The molecular formula is C13H19NS. The van der Waals surface area contributed by atoms with Crippen LogP contribution in [0.5, 0.6) is 0 Å². The van der Waals surface area contributed by atoms with Crippen molar-refractivity contribution in [2.75, 3.05) is 5.75 Å². The number of rotatable bonds is 1. The van der Waals surface area contributed by atoms with Gasteiger partial charge < -0.3 is 0 Å². The second-order valence-electron chi connectivity index (χ2n) is 4.53. The van der Waals surface area contributed by atoms with E-state index in [9.17, 15) is 0 Å². The lowest BCUT2D eigenvalue weighted by Crippen LogP contribution is -2.33. The minimum Gasteiger partial charge on any atom is -0.299 e. The first-order valence-corrected chi connectivity index (χ1v) is 6.66. The first-order valence-electron chi connectivity index (χ1n) is 5.61. The van der Waals surface area contributed by atoms with E-state index in [1.54, 1.807) is 0 Å².